The summed E-state index contributed by atoms with van der Waals surface area (Å²) >= 11 is 0. The van der Waals surface area contributed by atoms with Gasteiger partial charge < -0.3 is 20.1 Å². The van der Waals surface area contributed by atoms with Crippen LogP contribution in [0.4, 0.5) is 16.3 Å². The Morgan fingerprint density at radius 2 is 1.74 bits per heavy atom. The molecule has 0 bridgehead atoms. The summed E-state index contributed by atoms with van der Waals surface area (Å²) < 4.78 is 12.1. The minimum absolute atomic E-state index is 0.0561. The van der Waals surface area contributed by atoms with Crippen LogP contribution in [0.1, 0.15) is 26.6 Å². The maximum Gasteiger partial charge on any atom is 0.324 e. The molecule has 10 nitrogen and oxygen atoms in total. The van der Waals surface area contributed by atoms with Gasteiger partial charge in [0.15, 0.2) is 6.29 Å². The van der Waals surface area contributed by atoms with Crippen molar-refractivity contribution in [3.8, 4) is 22.8 Å². The molecule has 1 saturated heterocycles. The van der Waals surface area contributed by atoms with Crippen LogP contribution < -0.4 is 30.7 Å². The Hall–Kier alpha value is -4.05. The number of aromatic nitrogens is 2. The lowest BCUT2D eigenvalue weighted by molar-refractivity contribution is -0.130. The number of carbonyl (C=O) groups excluding carboxylic acids is 2. The zero-order chi connectivity index (χ0) is 24.9. The Morgan fingerprint density at radius 3 is 2.34 bits per heavy atom. The summed E-state index contributed by atoms with van der Waals surface area (Å²) in [6.07, 6.45) is 0.100. The van der Waals surface area contributed by atoms with E-state index in [-0.39, 0.29) is 17.9 Å². The first kappa shape index (κ1) is 24.1. The average molecular weight is 479 g/mol. The molecule has 2 heterocycles. The maximum absolute atomic E-state index is 12.9. The van der Waals surface area contributed by atoms with E-state index < -0.39 is 12.3 Å². The largest absolute Gasteiger partial charge is 0.497 e. The topological polar surface area (TPSA) is 119 Å². The first-order valence-corrected chi connectivity index (χ1v) is 11.4. The minimum atomic E-state index is -0.620. The van der Waals surface area contributed by atoms with Gasteiger partial charge in [0.1, 0.15) is 17.3 Å². The number of urea groups is 1. The molecule has 1 fully saturated rings. The van der Waals surface area contributed by atoms with Gasteiger partial charge in [0.05, 0.1) is 25.8 Å². The van der Waals surface area contributed by atoms with Crippen molar-refractivity contribution in [2.24, 2.45) is 5.92 Å². The van der Waals surface area contributed by atoms with Crippen LogP contribution in [0.25, 0.3) is 11.3 Å². The van der Waals surface area contributed by atoms with E-state index in [2.05, 4.69) is 21.3 Å². The lowest BCUT2D eigenvalue weighted by Gasteiger charge is -2.35. The second-order valence-electron chi connectivity index (χ2n) is 8.29. The van der Waals surface area contributed by atoms with Gasteiger partial charge in [0, 0.05) is 41.6 Å². The fraction of sp³-hybridized carbons (Fsp3) is 0.320. The molecule has 0 radical (unpaired) electrons. The van der Waals surface area contributed by atoms with Crippen molar-refractivity contribution in [1.29, 1.82) is 0 Å². The predicted molar refractivity (Wildman–Crippen MR) is 133 cm³/mol. The Balaban J connectivity index is 1.61. The third-order valence-electron chi connectivity index (χ3n) is 5.98. The number of amides is 3. The number of ether oxygens (including phenoxy) is 2. The van der Waals surface area contributed by atoms with Crippen LogP contribution in [0, 0.1) is 5.92 Å². The van der Waals surface area contributed by atoms with Crippen LogP contribution in [-0.4, -0.2) is 42.0 Å². The number of nitrogens with one attached hydrogen (secondary N) is 4. The first-order valence-electron chi connectivity index (χ1n) is 11.4. The molecule has 184 valence electrons. The van der Waals surface area contributed by atoms with E-state index in [1.54, 1.807) is 28.9 Å². The van der Waals surface area contributed by atoms with Crippen molar-refractivity contribution in [1.82, 2.24) is 20.4 Å². The maximum atomic E-state index is 12.9. The van der Waals surface area contributed by atoms with Crippen LogP contribution in [0.5, 0.6) is 11.5 Å². The quantitative estimate of drug-likeness (QED) is 0.410. The van der Waals surface area contributed by atoms with Gasteiger partial charge >= 0.3 is 6.03 Å². The Morgan fingerprint density at radius 1 is 1.06 bits per heavy atom. The predicted octanol–water partition coefficient (Wildman–Crippen LogP) is 3.80. The number of anilines is 2. The molecule has 1 aromatic heterocycles. The summed E-state index contributed by atoms with van der Waals surface area (Å²) in [4.78, 5) is 25.6. The normalized spacial score (nSPS) is 19.5. The van der Waals surface area contributed by atoms with Crippen LogP contribution in [0.15, 0.2) is 54.6 Å². The number of carbonyl (C=O) groups is 2. The smallest absolute Gasteiger partial charge is 0.324 e. The summed E-state index contributed by atoms with van der Waals surface area (Å²) in [5.41, 5.74) is 2.04. The van der Waals surface area contributed by atoms with Crippen molar-refractivity contribution in [3.63, 3.8) is 0 Å². The summed E-state index contributed by atoms with van der Waals surface area (Å²) in [5, 5.41) is 16.7. The number of hydrogen-bond acceptors (Lipinski definition) is 6. The molecule has 0 spiro atoms. The average Bonchev–Trinajstić information content (AvgIpc) is 3.27. The van der Waals surface area contributed by atoms with Crippen LogP contribution in [0.3, 0.4) is 0 Å². The van der Waals surface area contributed by atoms with Gasteiger partial charge in [-0.25, -0.2) is 9.48 Å². The molecular weight excluding hydrogens is 448 g/mol. The molecule has 0 aliphatic carbocycles. The van der Waals surface area contributed by atoms with E-state index in [0.29, 0.717) is 28.7 Å². The van der Waals surface area contributed by atoms with Crippen molar-refractivity contribution >= 4 is 23.4 Å². The van der Waals surface area contributed by atoms with E-state index in [9.17, 15) is 9.59 Å². The molecule has 10 heteroatoms. The fourth-order valence-electron chi connectivity index (χ4n) is 4.14. The standard InChI is InChI=1S/C25H30N6O4/c1-5-20-15(2)26-24(29-23(20)32)31-22(14-21(30-31)16-9-7-6-8-10-16)28-25(33)27-17-11-18(34-3)13-19(12-17)35-4/h6-15,20,24,26H,5H2,1-4H3,(H,29,32)(H2,27,28,33). The monoisotopic (exact) mass is 478 g/mol. The van der Waals surface area contributed by atoms with Crippen molar-refractivity contribution in [3.05, 3.63) is 54.6 Å². The summed E-state index contributed by atoms with van der Waals surface area (Å²) in [5.74, 6) is 1.31. The lowest BCUT2D eigenvalue weighted by atomic mass is 9.95. The molecular formula is C25H30N6O4. The molecule has 4 N–H and O–H groups in total. The van der Waals surface area contributed by atoms with Crippen molar-refractivity contribution < 1.29 is 19.1 Å². The second kappa shape index (κ2) is 10.5. The van der Waals surface area contributed by atoms with Crippen LogP contribution in [0.2, 0.25) is 0 Å². The van der Waals surface area contributed by atoms with Gasteiger partial charge in [0.25, 0.3) is 0 Å². The molecule has 35 heavy (non-hydrogen) atoms. The fourth-order valence-corrected chi connectivity index (χ4v) is 4.14. The first-order chi connectivity index (χ1) is 16.9. The van der Waals surface area contributed by atoms with Crippen LogP contribution >= 0.6 is 0 Å². The number of hydrogen-bond donors (Lipinski definition) is 4. The zero-order valence-electron chi connectivity index (χ0n) is 20.2. The van der Waals surface area contributed by atoms with Crippen LogP contribution in [-0.2, 0) is 4.79 Å². The lowest BCUT2D eigenvalue weighted by Crippen LogP contribution is -2.57. The van der Waals surface area contributed by atoms with E-state index >= 15 is 0 Å². The highest BCUT2D eigenvalue weighted by Gasteiger charge is 2.34. The minimum Gasteiger partial charge on any atom is -0.497 e. The third-order valence-corrected chi connectivity index (χ3v) is 5.98. The summed E-state index contributed by atoms with van der Waals surface area (Å²) in [6, 6.07) is 15.9. The summed E-state index contributed by atoms with van der Waals surface area (Å²) in [6.45, 7) is 3.95. The second-order valence-corrected chi connectivity index (χ2v) is 8.29. The van der Waals surface area contributed by atoms with E-state index in [1.165, 1.54) is 14.2 Å². The van der Waals surface area contributed by atoms with Gasteiger partial charge in [-0.3, -0.25) is 15.4 Å². The SMILES string of the molecule is CCC1C(=O)NC(n2nc(-c3ccccc3)cc2NC(=O)Nc2cc(OC)cc(OC)c2)NC1C. The third kappa shape index (κ3) is 5.38. The molecule has 0 saturated carbocycles. The van der Waals surface area contributed by atoms with Gasteiger partial charge in [-0.2, -0.15) is 5.10 Å². The van der Waals surface area contributed by atoms with Gasteiger partial charge in [-0.1, -0.05) is 37.3 Å². The molecule has 1 aliphatic heterocycles. The molecule has 4 rings (SSSR count). The molecule has 2 aromatic carbocycles. The van der Waals surface area contributed by atoms with E-state index in [0.717, 1.165) is 12.0 Å². The summed E-state index contributed by atoms with van der Waals surface area (Å²) in [7, 11) is 3.08. The van der Waals surface area contributed by atoms with E-state index in [1.807, 2.05) is 44.2 Å². The van der Waals surface area contributed by atoms with E-state index in [4.69, 9.17) is 14.6 Å². The number of benzene rings is 2. The highest BCUT2D eigenvalue weighted by molar-refractivity contribution is 5.99. The molecule has 3 aromatic rings. The van der Waals surface area contributed by atoms with Crippen molar-refractivity contribution in [2.75, 3.05) is 24.9 Å². The molecule has 3 amide bonds. The highest BCUT2D eigenvalue weighted by atomic mass is 16.5. The van der Waals surface area contributed by atoms with Gasteiger partial charge in [-0.15, -0.1) is 0 Å². The molecule has 3 atom stereocenters. The Kier molecular flexibility index (Phi) is 7.21. The molecule has 1 aliphatic rings. The van der Waals surface area contributed by atoms with Gasteiger partial charge in [-0.05, 0) is 13.3 Å². The highest BCUT2D eigenvalue weighted by Crippen LogP contribution is 2.28. The number of nitrogens with zero attached hydrogens (tertiary/aromatic N) is 2. The number of methoxy groups -OCH3 is 2. The van der Waals surface area contributed by atoms with Gasteiger partial charge in [0.2, 0.25) is 5.91 Å². The number of rotatable bonds is 7. The molecule has 3 unspecified atom stereocenters. The van der Waals surface area contributed by atoms with Crippen molar-refractivity contribution in [2.45, 2.75) is 32.6 Å². The Labute approximate surface area is 204 Å². The zero-order valence-corrected chi connectivity index (χ0v) is 20.2. The Bertz CT molecular complexity index is 1170.